The largest absolute Gasteiger partial charge is 0.324 e. The first-order valence-electron chi connectivity index (χ1n) is 5.11. The normalized spacial score (nSPS) is 11.9. The van der Waals surface area contributed by atoms with Gasteiger partial charge in [-0.3, -0.25) is 0 Å². The number of aromatic nitrogens is 1. The van der Waals surface area contributed by atoms with Gasteiger partial charge in [-0.2, -0.15) is 0 Å². The summed E-state index contributed by atoms with van der Waals surface area (Å²) in [5.74, 6) is 0. The van der Waals surface area contributed by atoms with E-state index < -0.39 is 0 Å². The Kier molecular flexibility index (Phi) is 8.02. The van der Waals surface area contributed by atoms with Crippen LogP contribution in [0.15, 0.2) is 22.9 Å². The first kappa shape index (κ1) is 14.9. The van der Waals surface area contributed by atoms with Crippen LogP contribution in [0.5, 0.6) is 0 Å². The number of nitrogens with two attached hydrogens (primary N) is 1. The van der Waals surface area contributed by atoms with Gasteiger partial charge in [0, 0.05) is 17.8 Å². The molecular weight excluding hydrogens is 275 g/mol. The standard InChI is InChI=1S/C11H17BrN2.ClH/c1-2-3-4-7-10(13)9-6-5-8-14-11(9)12;/h5-6,8,10H,2-4,7,13H2,1H3;1H/t10-;/m1./s1. The van der Waals surface area contributed by atoms with E-state index in [9.17, 15) is 0 Å². The number of rotatable bonds is 5. The molecule has 0 bridgehead atoms. The number of hydrogen-bond acceptors (Lipinski definition) is 2. The van der Waals surface area contributed by atoms with Crippen LogP contribution in [0.4, 0.5) is 0 Å². The molecule has 0 unspecified atom stereocenters. The Morgan fingerprint density at radius 3 is 2.80 bits per heavy atom. The quantitative estimate of drug-likeness (QED) is 0.661. The first-order chi connectivity index (χ1) is 6.75. The van der Waals surface area contributed by atoms with Crippen molar-refractivity contribution in [1.82, 2.24) is 4.98 Å². The smallest absolute Gasteiger partial charge is 0.110 e. The fourth-order valence-electron chi connectivity index (χ4n) is 1.44. The van der Waals surface area contributed by atoms with E-state index in [0.29, 0.717) is 0 Å². The Hall–Kier alpha value is -0.120. The molecule has 1 aromatic heterocycles. The Balaban J connectivity index is 0.00000196. The first-order valence-corrected chi connectivity index (χ1v) is 5.91. The van der Waals surface area contributed by atoms with Gasteiger partial charge in [-0.15, -0.1) is 12.4 Å². The summed E-state index contributed by atoms with van der Waals surface area (Å²) in [6.45, 7) is 2.20. The highest BCUT2D eigenvalue weighted by atomic mass is 79.9. The minimum atomic E-state index is 0. The van der Waals surface area contributed by atoms with Crippen LogP contribution in [0.3, 0.4) is 0 Å². The molecule has 0 amide bonds. The summed E-state index contributed by atoms with van der Waals surface area (Å²) in [6, 6.07) is 4.08. The molecule has 0 saturated heterocycles. The topological polar surface area (TPSA) is 38.9 Å². The lowest BCUT2D eigenvalue weighted by atomic mass is 10.0. The zero-order valence-electron chi connectivity index (χ0n) is 8.95. The van der Waals surface area contributed by atoms with E-state index in [1.807, 2.05) is 12.1 Å². The van der Waals surface area contributed by atoms with Gasteiger partial charge in [-0.25, -0.2) is 4.98 Å². The van der Waals surface area contributed by atoms with Gasteiger partial charge in [0.2, 0.25) is 0 Å². The molecule has 1 atom stereocenters. The molecular formula is C11H18BrClN2. The Morgan fingerprint density at radius 2 is 2.20 bits per heavy atom. The second kappa shape index (κ2) is 8.08. The molecule has 4 heteroatoms. The van der Waals surface area contributed by atoms with Crippen LogP contribution in [0.25, 0.3) is 0 Å². The highest BCUT2D eigenvalue weighted by Gasteiger charge is 2.09. The maximum Gasteiger partial charge on any atom is 0.110 e. The van der Waals surface area contributed by atoms with Crippen molar-refractivity contribution in [3.63, 3.8) is 0 Å². The molecule has 0 fully saturated rings. The second-order valence-corrected chi connectivity index (χ2v) is 4.24. The molecule has 1 aromatic rings. The lowest BCUT2D eigenvalue weighted by Crippen LogP contribution is -2.11. The number of halogens is 2. The maximum absolute atomic E-state index is 6.07. The lowest BCUT2D eigenvalue weighted by molar-refractivity contribution is 0.578. The van der Waals surface area contributed by atoms with Crippen molar-refractivity contribution in [3.05, 3.63) is 28.5 Å². The molecule has 0 aliphatic carbocycles. The van der Waals surface area contributed by atoms with Crippen molar-refractivity contribution < 1.29 is 0 Å². The van der Waals surface area contributed by atoms with Gasteiger partial charge < -0.3 is 5.73 Å². The van der Waals surface area contributed by atoms with Crippen molar-refractivity contribution >= 4 is 28.3 Å². The van der Waals surface area contributed by atoms with Crippen molar-refractivity contribution in [2.45, 2.75) is 38.6 Å². The molecule has 0 aliphatic heterocycles. The van der Waals surface area contributed by atoms with Gasteiger partial charge >= 0.3 is 0 Å². The molecule has 15 heavy (non-hydrogen) atoms. The van der Waals surface area contributed by atoms with Crippen LogP contribution in [-0.2, 0) is 0 Å². The molecule has 0 radical (unpaired) electrons. The van der Waals surface area contributed by atoms with E-state index in [0.717, 1.165) is 16.6 Å². The van der Waals surface area contributed by atoms with E-state index in [-0.39, 0.29) is 18.4 Å². The molecule has 0 saturated carbocycles. The van der Waals surface area contributed by atoms with Crippen LogP contribution in [0.2, 0.25) is 0 Å². The van der Waals surface area contributed by atoms with Gasteiger partial charge in [-0.05, 0) is 28.4 Å². The summed E-state index contributed by atoms with van der Waals surface area (Å²) >= 11 is 3.41. The van der Waals surface area contributed by atoms with Crippen molar-refractivity contribution in [2.24, 2.45) is 5.73 Å². The van der Waals surface area contributed by atoms with Crippen molar-refractivity contribution in [2.75, 3.05) is 0 Å². The molecule has 0 aliphatic rings. The zero-order chi connectivity index (χ0) is 10.4. The SMILES string of the molecule is CCCCC[C@@H](N)c1cccnc1Br.Cl. The summed E-state index contributed by atoms with van der Waals surface area (Å²) in [5.41, 5.74) is 7.18. The third kappa shape index (κ3) is 4.96. The third-order valence-corrected chi connectivity index (χ3v) is 2.97. The van der Waals surface area contributed by atoms with E-state index in [4.69, 9.17) is 5.73 Å². The minimum absolute atomic E-state index is 0. The Morgan fingerprint density at radius 1 is 1.47 bits per heavy atom. The van der Waals surface area contributed by atoms with Gasteiger partial charge in [0.25, 0.3) is 0 Å². The van der Waals surface area contributed by atoms with Gasteiger partial charge in [-0.1, -0.05) is 32.3 Å². The molecule has 2 N–H and O–H groups in total. The second-order valence-electron chi connectivity index (χ2n) is 3.49. The predicted octanol–water partition coefficient (Wildman–Crippen LogP) is 3.85. The maximum atomic E-state index is 6.07. The molecule has 1 rings (SSSR count). The summed E-state index contributed by atoms with van der Waals surface area (Å²) in [5, 5.41) is 0. The van der Waals surface area contributed by atoms with E-state index in [1.165, 1.54) is 19.3 Å². The van der Waals surface area contributed by atoms with Crippen molar-refractivity contribution in [1.29, 1.82) is 0 Å². The monoisotopic (exact) mass is 292 g/mol. The summed E-state index contributed by atoms with van der Waals surface area (Å²) in [7, 11) is 0. The fourth-order valence-corrected chi connectivity index (χ4v) is 1.99. The minimum Gasteiger partial charge on any atom is -0.324 e. The van der Waals surface area contributed by atoms with E-state index >= 15 is 0 Å². The van der Waals surface area contributed by atoms with Gasteiger partial charge in [0.05, 0.1) is 0 Å². The Bertz CT molecular complexity index is 281. The zero-order valence-corrected chi connectivity index (χ0v) is 11.4. The molecule has 2 nitrogen and oxygen atoms in total. The van der Waals surface area contributed by atoms with Crippen LogP contribution in [0.1, 0.15) is 44.2 Å². The summed E-state index contributed by atoms with van der Waals surface area (Å²) < 4.78 is 0.879. The molecule has 86 valence electrons. The molecule has 1 heterocycles. The van der Waals surface area contributed by atoms with Gasteiger partial charge in [0.15, 0.2) is 0 Å². The number of pyridine rings is 1. The Labute approximate surface area is 106 Å². The number of unbranched alkanes of at least 4 members (excludes halogenated alkanes) is 2. The predicted molar refractivity (Wildman–Crippen MR) is 70.3 cm³/mol. The summed E-state index contributed by atoms with van der Waals surface area (Å²) in [4.78, 5) is 4.17. The fraction of sp³-hybridized carbons (Fsp3) is 0.545. The molecule has 0 spiro atoms. The van der Waals surface area contributed by atoms with Crippen LogP contribution < -0.4 is 5.73 Å². The highest BCUT2D eigenvalue weighted by molar-refractivity contribution is 9.10. The van der Waals surface area contributed by atoms with E-state index in [1.54, 1.807) is 6.20 Å². The van der Waals surface area contributed by atoms with E-state index in [2.05, 4.69) is 27.8 Å². The van der Waals surface area contributed by atoms with Crippen LogP contribution in [0, 0.1) is 0 Å². The highest BCUT2D eigenvalue weighted by Crippen LogP contribution is 2.23. The number of hydrogen-bond donors (Lipinski definition) is 1. The summed E-state index contributed by atoms with van der Waals surface area (Å²) in [6.07, 6.45) is 6.50. The number of nitrogens with zero attached hydrogens (tertiary/aromatic N) is 1. The lowest BCUT2D eigenvalue weighted by Gasteiger charge is -2.12. The van der Waals surface area contributed by atoms with Gasteiger partial charge in [0.1, 0.15) is 4.60 Å². The van der Waals surface area contributed by atoms with Crippen LogP contribution >= 0.6 is 28.3 Å². The third-order valence-electron chi connectivity index (χ3n) is 2.31. The average Bonchev–Trinajstić information content (AvgIpc) is 2.18. The van der Waals surface area contributed by atoms with Crippen LogP contribution in [-0.4, -0.2) is 4.98 Å². The average molecular weight is 294 g/mol. The molecule has 0 aromatic carbocycles. The van der Waals surface area contributed by atoms with Crippen molar-refractivity contribution in [3.8, 4) is 0 Å².